The molecule has 0 aromatic rings. The van der Waals surface area contributed by atoms with Crippen LogP contribution in [0.1, 0.15) is 393 Å². The molecule has 0 heterocycles. The molecule has 0 aliphatic heterocycles. The van der Waals surface area contributed by atoms with Crippen LogP contribution in [0.25, 0.3) is 0 Å². The molecule has 0 saturated heterocycles. The first kappa shape index (κ1) is 78.4. The van der Waals surface area contributed by atoms with E-state index in [9.17, 15) is 14.4 Å². The summed E-state index contributed by atoms with van der Waals surface area (Å²) in [5.41, 5.74) is 0. The first-order valence-corrected chi connectivity index (χ1v) is 36.1. The number of esters is 3. The Morgan fingerprint density at radius 3 is 0.728 bits per heavy atom. The van der Waals surface area contributed by atoms with Gasteiger partial charge in [0.25, 0.3) is 0 Å². The van der Waals surface area contributed by atoms with Gasteiger partial charge in [0, 0.05) is 19.3 Å². The first-order chi connectivity index (χ1) is 40.0. The van der Waals surface area contributed by atoms with Crippen LogP contribution in [0.4, 0.5) is 0 Å². The van der Waals surface area contributed by atoms with Crippen LogP contribution in [-0.4, -0.2) is 37.2 Å². The van der Waals surface area contributed by atoms with E-state index in [1.54, 1.807) is 0 Å². The molecule has 81 heavy (non-hydrogen) atoms. The van der Waals surface area contributed by atoms with Crippen molar-refractivity contribution in [2.75, 3.05) is 13.2 Å². The molecule has 1 atom stereocenters. The quantitative estimate of drug-likeness (QED) is 0.0261. The highest BCUT2D eigenvalue weighted by atomic mass is 16.6. The molecule has 0 aliphatic carbocycles. The lowest BCUT2D eigenvalue weighted by atomic mass is 10.0. The number of rotatable bonds is 67. The number of allylic oxidation sites excluding steroid dienone is 8. The number of ether oxygens (including phenoxy) is 3. The molecule has 1 unspecified atom stereocenters. The second kappa shape index (κ2) is 69.9. The molecule has 0 saturated carbocycles. The van der Waals surface area contributed by atoms with E-state index in [1.165, 1.54) is 276 Å². The summed E-state index contributed by atoms with van der Waals surface area (Å²) in [6, 6.07) is 0. The number of hydrogen-bond acceptors (Lipinski definition) is 6. The van der Waals surface area contributed by atoms with Gasteiger partial charge in [-0.25, -0.2) is 0 Å². The highest BCUT2D eigenvalue weighted by Crippen LogP contribution is 2.18. The molecule has 6 nitrogen and oxygen atoms in total. The summed E-state index contributed by atoms with van der Waals surface area (Å²) in [6.07, 6.45) is 88.5. The van der Waals surface area contributed by atoms with Crippen molar-refractivity contribution in [2.45, 2.75) is 399 Å². The van der Waals surface area contributed by atoms with Gasteiger partial charge in [0.05, 0.1) is 0 Å². The van der Waals surface area contributed by atoms with Crippen LogP contribution in [0.3, 0.4) is 0 Å². The van der Waals surface area contributed by atoms with E-state index in [-0.39, 0.29) is 31.1 Å². The van der Waals surface area contributed by atoms with Crippen LogP contribution in [0.15, 0.2) is 48.6 Å². The molecule has 0 radical (unpaired) electrons. The van der Waals surface area contributed by atoms with Crippen LogP contribution in [-0.2, 0) is 28.6 Å². The fourth-order valence-corrected chi connectivity index (χ4v) is 10.9. The third kappa shape index (κ3) is 68.0. The van der Waals surface area contributed by atoms with Crippen LogP contribution in [0, 0.1) is 0 Å². The van der Waals surface area contributed by atoms with Gasteiger partial charge in [-0.15, -0.1) is 0 Å². The molecular formula is C75H138O6. The largest absolute Gasteiger partial charge is 0.462 e. The fraction of sp³-hybridized carbons (Fsp3) is 0.853. The van der Waals surface area contributed by atoms with Gasteiger partial charge in [-0.2, -0.15) is 0 Å². The number of unbranched alkanes of at least 4 members (excludes halogenated alkanes) is 48. The van der Waals surface area contributed by atoms with Gasteiger partial charge in [-0.05, 0) is 83.5 Å². The molecule has 0 aromatic carbocycles. The van der Waals surface area contributed by atoms with Gasteiger partial charge >= 0.3 is 17.9 Å². The topological polar surface area (TPSA) is 78.9 Å². The summed E-state index contributed by atoms with van der Waals surface area (Å²) in [4.78, 5) is 38.5. The van der Waals surface area contributed by atoms with E-state index in [0.29, 0.717) is 19.3 Å². The monoisotopic (exact) mass is 1140 g/mol. The number of carbonyl (C=O) groups excluding carboxylic acids is 3. The summed E-state index contributed by atoms with van der Waals surface area (Å²) in [6.45, 7) is 6.67. The van der Waals surface area contributed by atoms with Crippen LogP contribution in [0.5, 0.6) is 0 Å². The van der Waals surface area contributed by atoms with Crippen LogP contribution < -0.4 is 0 Å². The maximum absolute atomic E-state index is 13.0. The van der Waals surface area contributed by atoms with E-state index >= 15 is 0 Å². The van der Waals surface area contributed by atoms with Crippen molar-refractivity contribution in [3.05, 3.63) is 48.6 Å². The fourth-order valence-electron chi connectivity index (χ4n) is 10.9. The Kier molecular flexibility index (Phi) is 67.6. The van der Waals surface area contributed by atoms with Crippen molar-refractivity contribution in [1.29, 1.82) is 0 Å². The van der Waals surface area contributed by atoms with Crippen molar-refractivity contribution in [1.82, 2.24) is 0 Å². The average molecular weight is 1140 g/mol. The van der Waals surface area contributed by atoms with Gasteiger partial charge in [-0.1, -0.05) is 339 Å². The Morgan fingerprint density at radius 1 is 0.247 bits per heavy atom. The third-order valence-corrected chi connectivity index (χ3v) is 16.3. The minimum atomic E-state index is -0.781. The van der Waals surface area contributed by atoms with Crippen LogP contribution in [0.2, 0.25) is 0 Å². The predicted octanol–water partition coefficient (Wildman–Crippen LogP) is 24.9. The van der Waals surface area contributed by atoms with Gasteiger partial charge in [-0.3, -0.25) is 14.4 Å². The standard InChI is InChI=1S/C75H138O6/c1-4-7-10-13-16-19-22-25-28-31-34-35-36-37-38-39-42-44-47-50-53-56-59-62-65-68-74(77)80-71-72(81-75(78)69-66-63-60-57-54-51-48-45-41-33-30-27-24-21-18-15-12-9-6-3)70-79-73(76)67-64-61-58-55-52-49-46-43-40-32-29-26-23-20-17-14-11-8-5-2/h18,21,26-27,29-30,41,45,72H,4-17,19-20,22-25,28,31-40,42-44,46-71H2,1-3H3/b21-18-,29-26-,30-27-,45-41-. The van der Waals surface area contributed by atoms with Gasteiger partial charge in [0.2, 0.25) is 0 Å². The van der Waals surface area contributed by atoms with Crippen molar-refractivity contribution < 1.29 is 28.6 Å². The number of carbonyl (C=O) groups is 3. The van der Waals surface area contributed by atoms with Crippen molar-refractivity contribution in [2.24, 2.45) is 0 Å². The molecule has 0 amide bonds. The zero-order chi connectivity index (χ0) is 58.5. The summed E-state index contributed by atoms with van der Waals surface area (Å²) < 4.78 is 17.0. The SMILES string of the molecule is CCCCC/C=C\C/C=C\C/C=C\CCCCCCCCC(=O)OC(COC(=O)CCCCCCCCCCC/C=C\CCCCCCCC)COC(=O)CCCCCCCCCCCCCCCCCCCCCCCCCCC. The Bertz CT molecular complexity index is 1400. The Hall–Kier alpha value is -2.63. The van der Waals surface area contributed by atoms with E-state index in [1.807, 2.05) is 0 Å². The highest BCUT2D eigenvalue weighted by Gasteiger charge is 2.19. The second-order valence-electron chi connectivity index (χ2n) is 24.5. The maximum atomic E-state index is 13.0. The lowest BCUT2D eigenvalue weighted by molar-refractivity contribution is -0.167. The molecule has 0 aromatic heterocycles. The Balaban J connectivity index is 4.31. The maximum Gasteiger partial charge on any atom is 0.306 e. The zero-order valence-corrected chi connectivity index (χ0v) is 54.6. The lowest BCUT2D eigenvalue weighted by Gasteiger charge is -2.18. The minimum Gasteiger partial charge on any atom is -0.462 e. The molecule has 0 fully saturated rings. The second-order valence-corrected chi connectivity index (χ2v) is 24.5. The van der Waals surface area contributed by atoms with E-state index in [0.717, 1.165) is 77.0 Å². The highest BCUT2D eigenvalue weighted by molar-refractivity contribution is 5.71. The molecule has 0 bridgehead atoms. The van der Waals surface area contributed by atoms with Gasteiger partial charge < -0.3 is 14.2 Å². The van der Waals surface area contributed by atoms with Crippen molar-refractivity contribution >= 4 is 17.9 Å². The Morgan fingerprint density at radius 2 is 0.444 bits per heavy atom. The van der Waals surface area contributed by atoms with Crippen molar-refractivity contribution in [3.8, 4) is 0 Å². The zero-order valence-electron chi connectivity index (χ0n) is 54.6. The molecule has 0 rings (SSSR count). The molecule has 0 aliphatic rings. The number of hydrogen-bond donors (Lipinski definition) is 0. The van der Waals surface area contributed by atoms with E-state index in [4.69, 9.17) is 14.2 Å². The average Bonchev–Trinajstić information content (AvgIpc) is 3.47. The van der Waals surface area contributed by atoms with Crippen LogP contribution >= 0.6 is 0 Å². The molecule has 0 N–H and O–H groups in total. The van der Waals surface area contributed by atoms with Gasteiger partial charge in [0.15, 0.2) is 6.10 Å². The van der Waals surface area contributed by atoms with E-state index < -0.39 is 6.10 Å². The van der Waals surface area contributed by atoms with E-state index in [2.05, 4.69) is 69.4 Å². The summed E-state index contributed by atoms with van der Waals surface area (Å²) in [5.74, 6) is -0.862. The normalized spacial score (nSPS) is 12.3. The minimum absolute atomic E-state index is 0.0749. The first-order valence-electron chi connectivity index (χ1n) is 36.1. The molecule has 474 valence electrons. The van der Waals surface area contributed by atoms with Gasteiger partial charge in [0.1, 0.15) is 13.2 Å². The molecule has 6 heteroatoms. The smallest absolute Gasteiger partial charge is 0.306 e. The predicted molar refractivity (Wildman–Crippen MR) is 353 cm³/mol. The summed E-state index contributed by atoms with van der Waals surface area (Å²) >= 11 is 0. The molecule has 0 spiro atoms. The molecular weight excluding hydrogens is 997 g/mol. The van der Waals surface area contributed by atoms with Crippen molar-refractivity contribution in [3.63, 3.8) is 0 Å². The summed E-state index contributed by atoms with van der Waals surface area (Å²) in [5, 5.41) is 0. The Labute approximate surface area is 505 Å². The summed E-state index contributed by atoms with van der Waals surface area (Å²) in [7, 11) is 0. The lowest BCUT2D eigenvalue weighted by Crippen LogP contribution is -2.30. The third-order valence-electron chi connectivity index (χ3n) is 16.3.